The summed E-state index contributed by atoms with van der Waals surface area (Å²) in [4.78, 5) is 2.08. The fourth-order valence-corrected chi connectivity index (χ4v) is 8.42. The first-order chi connectivity index (χ1) is 15.2. The molecule has 0 aromatic heterocycles. The molecule has 4 aromatic rings. The van der Waals surface area contributed by atoms with Gasteiger partial charge in [-0.05, 0) is 54.1 Å². The zero-order valence-corrected chi connectivity index (χ0v) is 18.8. The average molecular weight is 427 g/mol. The van der Waals surface area contributed by atoms with E-state index >= 15 is 0 Å². The summed E-state index contributed by atoms with van der Waals surface area (Å²) in [6.45, 7) is 0.789. The SMILES string of the molecule is CN(CCO)c1ccc(C[P+](c2ccccc2)(c2ccccc2)c2ccccc2)cc1. The van der Waals surface area contributed by atoms with Crippen molar-refractivity contribution in [2.45, 2.75) is 6.16 Å². The fraction of sp³-hybridized carbons (Fsp3) is 0.143. The molecule has 0 aliphatic rings. The Hall–Kier alpha value is -2.93. The van der Waals surface area contributed by atoms with Crippen molar-refractivity contribution in [3.63, 3.8) is 0 Å². The molecule has 0 bridgehead atoms. The van der Waals surface area contributed by atoms with Gasteiger partial charge >= 0.3 is 0 Å². The van der Waals surface area contributed by atoms with Crippen molar-refractivity contribution in [1.29, 1.82) is 0 Å². The lowest BCUT2D eigenvalue weighted by Gasteiger charge is -2.28. The largest absolute Gasteiger partial charge is 0.395 e. The van der Waals surface area contributed by atoms with Crippen LogP contribution in [-0.4, -0.2) is 25.3 Å². The van der Waals surface area contributed by atoms with Crippen LogP contribution in [0.25, 0.3) is 0 Å². The number of hydrogen-bond acceptors (Lipinski definition) is 2. The molecule has 4 rings (SSSR count). The van der Waals surface area contributed by atoms with Gasteiger partial charge in [0.05, 0.1) is 12.8 Å². The molecule has 4 aromatic carbocycles. The highest BCUT2D eigenvalue weighted by atomic mass is 31.2. The lowest BCUT2D eigenvalue weighted by molar-refractivity contribution is 0.304. The molecule has 0 aliphatic heterocycles. The Kier molecular flexibility index (Phi) is 6.82. The van der Waals surface area contributed by atoms with E-state index in [0.29, 0.717) is 6.54 Å². The third kappa shape index (κ3) is 4.56. The van der Waals surface area contributed by atoms with Gasteiger partial charge in [0.1, 0.15) is 23.2 Å². The Labute approximate surface area is 186 Å². The molecular formula is C28H29NOP+. The third-order valence-corrected chi connectivity index (χ3v) is 10.2. The molecule has 0 heterocycles. The predicted octanol–water partition coefficient (Wildman–Crippen LogP) is 4.61. The van der Waals surface area contributed by atoms with E-state index < -0.39 is 7.26 Å². The Balaban J connectivity index is 1.85. The van der Waals surface area contributed by atoms with Gasteiger partial charge in [-0.1, -0.05) is 66.7 Å². The van der Waals surface area contributed by atoms with Gasteiger partial charge in [0, 0.05) is 19.3 Å². The topological polar surface area (TPSA) is 23.5 Å². The van der Waals surface area contributed by atoms with Crippen LogP contribution in [0.4, 0.5) is 5.69 Å². The van der Waals surface area contributed by atoms with Crippen molar-refractivity contribution < 1.29 is 5.11 Å². The van der Waals surface area contributed by atoms with E-state index in [-0.39, 0.29) is 6.61 Å². The molecule has 2 nitrogen and oxygen atoms in total. The maximum Gasteiger partial charge on any atom is 0.116 e. The summed E-state index contributed by atoms with van der Waals surface area (Å²) < 4.78 is 0. The molecule has 0 fully saturated rings. The van der Waals surface area contributed by atoms with E-state index in [9.17, 15) is 5.11 Å². The molecular weight excluding hydrogens is 397 g/mol. The van der Waals surface area contributed by atoms with Crippen molar-refractivity contribution >= 4 is 28.9 Å². The standard InChI is InChI=1S/C28H29NOP/c1-29(21-22-30)25-19-17-24(18-20-25)23-31(26-11-5-2-6-12-26,27-13-7-3-8-14-27)28-15-9-4-10-16-28/h2-20,30H,21-23H2,1H3/q+1. The van der Waals surface area contributed by atoms with Gasteiger partial charge in [-0.25, -0.2) is 0 Å². The van der Waals surface area contributed by atoms with E-state index in [1.165, 1.54) is 21.5 Å². The summed E-state index contributed by atoms with van der Waals surface area (Å²) in [6.07, 6.45) is 0.967. The van der Waals surface area contributed by atoms with Gasteiger partial charge < -0.3 is 10.0 Å². The Bertz CT molecular complexity index is 970. The molecule has 0 saturated heterocycles. The molecule has 0 unspecified atom stereocenters. The smallest absolute Gasteiger partial charge is 0.116 e. The Morgan fingerprint density at radius 1 is 0.613 bits per heavy atom. The van der Waals surface area contributed by atoms with Crippen molar-refractivity contribution in [3.05, 3.63) is 121 Å². The summed E-state index contributed by atoms with van der Waals surface area (Å²) in [5.41, 5.74) is 2.45. The molecule has 31 heavy (non-hydrogen) atoms. The first-order valence-electron chi connectivity index (χ1n) is 10.7. The molecule has 3 heteroatoms. The average Bonchev–Trinajstić information content (AvgIpc) is 2.85. The highest BCUT2D eigenvalue weighted by Gasteiger charge is 2.45. The normalized spacial score (nSPS) is 11.3. The summed E-state index contributed by atoms with van der Waals surface area (Å²) in [6, 6.07) is 41.8. The van der Waals surface area contributed by atoms with Gasteiger partial charge in [0.15, 0.2) is 0 Å². The van der Waals surface area contributed by atoms with Gasteiger partial charge in [-0.3, -0.25) is 0 Å². The van der Waals surface area contributed by atoms with Crippen molar-refractivity contribution in [2.24, 2.45) is 0 Å². The van der Waals surface area contributed by atoms with Crippen LogP contribution in [0, 0.1) is 0 Å². The van der Waals surface area contributed by atoms with Crippen molar-refractivity contribution in [2.75, 3.05) is 25.1 Å². The zero-order chi connectivity index (χ0) is 21.5. The van der Waals surface area contributed by atoms with Crippen molar-refractivity contribution in [3.8, 4) is 0 Å². The van der Waals surface area contributed by atoms with Gasteiger partial charge in [0.2, 0.25) is 0 Å². The highest BCUT2D eigenvalue weighted by Crippen LogP contribution is 2.58. The molecule has 156 valence electrons. The lowest BCUT2D eigenvalue weighted by atomic mass is 10.2. The maximum atomic E-state index is 9.25. The van der Waals surface area contributed by atoms with E-state index in [2.05, 4.69) is 120 Å². The van der Waals surface area contributed by atoms with Crippen LogP contribution < -0.4 is 20.8 Å². The van der Waals surface area contributed by atoms with E-state index in [1.807, 2.05) is 7.05 Å². The minimum atomic E-state index is -1.88. The Morgan fingerprint density at radius 3 is 1.42 bits per heavy atom. The lowest BCUT2D eigenvalue weighted by Crippen LogP contribution is -2.32. The quantitative estimate of drug-likeness (QED) is 0.416. The second-order valence-corrected chi connectivity index (χ2v) is 11.3. The highest BCUT2D eigenvalue weighted by molar-refractivity contribution is 7.95. The van der Waals surface area contributed by atoms with Crippen LogP contribution in [0.3, 0.4) is 0 Å². The summed E-state index contributed by atoms with van der Waals surface area (Å²) in [7, 11) is 0.134. The second-order valence-electron chi connectivity index (χ2n) is 7.79. The van der Waals surface area contributed by atoms with Gasteiger partial charge in [0.25, 0.3) is 0 Å². The minimum absolute atomic E-state index is 0.156. The first kappa shape index (κ1) is 21.3. The summed E-state index contributed by atoms with van der Waals surface area (Å²) >= 11 is 0. The molecule has 0 radical (unpaired) electrons. The van der Waals surface area contributed by atoms with Crippen LogP contribution in [0.1, 0.15) is 5.56 Å². The van der Waals surface area contributed by atoms with Gasteiger partial charge in [-0.15, -0.1) is 0 Å². The van der Waals surface area contributed by atoms with E-state index in [4.69, 9.17) is 0 Å². The molecule has 0 saturated carbocycles. The number of likely N-dealkylation sites (N-methyl/N-ethyl adjacent to an activating group) is 1. The molecule has 0 spiro atoms. The summed E-state index contributed by atoms with van der Waals surface area (Å²) in [5.74, 6) is 0. The number of rotatable bonds is 8. The zero-order valence-electron chi connectivity index (χ0n) is 17.9. The number of aliphatic hydroxyl groups excluding tert-OH is 1. The van der Waals surface area contributed by atoms with Crippen LogP contribution in [-0.2, 0) is 6.16 Å². The van der Waals surface area contributed by atoms with Crippen molar-refractivity contribution in [1.82, 2.24) is 0 Å². The number of hydrogen-bond donors (Lipinski definition) is 1. The van der Waals surface area contributed by atoms with Gasteiger partial charge in [-0.2, -0.15) is 0 Å². The fourth-order valence-electron chi connectivity index (χ4n) is 4.18. The maximum absolute atomic E-state index is 9.25. The molecule has 1 N–H and O–H groups in total. The second kappa shape index (κ2) is 9.92. The van der Waals surface area contributed by atoms with Crippen LogP contribution >= 0.6 is 7.26 Å². The third-order valence-electron chi connectivity index (χ3n) is 5.82. The van der Waals surface area contributed by atoms with E-state index in [1.54, 1.807) is 0 Å². The minimum Gasteiger partial charge on any atom is -0.395 e. The van der Waals surface area contributed by atoms with Crippen LogP contribution in [0.15, 0.2) is 115 Å². The molecule has 0 aliphatic carbocycles. The Morgan fingerprint density at radius 2 is 1.03 bits per heavy atom. The van der Waals surface area contributed by atoms with Crippen LogP contribution in [0.5, 0.6) is 0 Å². The summed E-state index contributed by atoms with van der Waals surface area (Å²) in [5, 5.41) is 13.4. The first-order valence-corrected chi connectivity index (χ1v) is 12.7. The molecule has 0 atom stereocenters. The number of benzene rings is 4. The molecule has 0 amide bonds. The number of aliphatic hydroxyl groups is 1. The monoisotopic (exact) mass is 426 g/mol. The van der Waals surface area contributed by atoms with Crippen LogP contribution in [0.2, 0.25) is 0 Å². The van der Waals surface area contributed by atoms with E-state index in [0.717, 1.165) is 11.8 Å². The number of anilines is 1. The predicted molar refractivity (Wildman–Crippen MR) is 136 cm³/mol. The number of nitrogens with zero attached hydrogens (tertiary/aromatic N) is 1.